The van der Waals surface area contributed by atoms with Crippen LogP contribution in [0.3, 0.4) is 0 Å². The summed E-state index contributed by atoms with van der Waals surface area (Å²) in [5, 5.41) is -0.480. The third-order valence-electron chi connectivity index (χ3n) is 2.25. The Morgan fingerprint density at radius 1 is 1.21 bits per heavy atom. The maximum atomic E-state index is 11.1. The first-order valence-electron chi connectivity index (χ1n) is 4.32. The summed E-state index contributed by atoms with van der Waals surface area (Å²) in [6.45, 7) is 3.38. The minimum Gasteiger partial charge on any atom is -0.299 e. The Kier molecular flexibility index (Phi) is 3.42. The van der Waals surface area contributed by atoms with E-state index in [-0.39, 0.29) is 11.7 Å². The highest BCUT2D eigenvalue weighted by molar-refractivity contribution is 6.67. The largest absolute Gasteiger partial charge is 0.299 e. The quantitative estimate of drug-likeness (QED) is 0.719. The van der Waals surface area contributed by atoms with E-state index in [0.29, 0.717) is 5.56 Å². The van der Waals surface area contributed by atoms with Crippen molar-refractivity contribution in [3.8, 4) is 0 Å². The number of halogens is 1. The van der Waals surface area contributed by atoms with Crippen molar-refractivity contribution < 1.29 is 9.59 Å². The lowest BCUT2D eigenvalue weighted by Crippen LogP contribution is -2.04. The van der Waals surface area contributed by atoms with Crippen molar-refractivity contribution in [3.63, 3.8) is 0 Å². The molecule has 0 aromatic heterocycles. The van der Waals surface area contributed by atoms with Crippen LogP contribution in [0, 0.1) is 0 Å². The van der Waals surface area contributed by atoms with Crippen LogP contribution < -0.4 is 0 Å². The summed E-state index contributed by atoms with van der Waals surface area (Å²) in [5.74, 6) is -0.0237. The van der Waals surface area contributed by atoms with Gasteiger partial charge in [0.15, 0.2) is 0 Å². The molecular weight excluding hydrogens is 200 g/mol. The molecule has 1 aromatic carbocycles. The van der Waals surface area contributed by atoms with E-state index in [9.17, 15) is 9.59 Å². The van der Waals surface area contributed by atoms with Gasteiger partial charge in [0.2, 0.25) is 0 Å². The fraction of sp³-hybridized carbons (Fsp3) is 0.273. The number of carbonyl (C=O) groups excluding carboxylic acids is 2. The monoisotopic (exact) mass is 210 g/mol. The zero-order valence-electron chi connectivity index (χ0n) is 8.08. The topological polar surface area (TPSA) is 34.1 Å². The van der Waals surface area contributed by atoms with E-state index in [4.69, 9.17) is 11.6 Å². The van der Waals surface area contributed by atoms with E-state index in [1.54, 1.807) is 31.2 Å². The van der Waals surface area contributed by atoms with Crippen LogP contribution in [0.4, 0.5) is 0 Å². The Balaban J connectivity index is 2.94. The van der Waals surface area contributed by atoms with Crippen molar-refractivity contribution >= 4 is 22.6 Å². The lowest BCUT2D eigenvalue weighted by molar-refractivity contribution is -0.118. The Labute approximate surface area is 87.9 Å². The molecule has 74 valence electrons. The molecule has 1 atom stereocenters. The molecule has 0 heterocycles. The highest BCUT2D eigenvalue weighted by Crippen LogP contribution is 2.17. The van der Waals surface area contributed by atoms with E-state index in [0.717, 1.165) is 5.56 Å². The van der Waals surface area contributed by atoms with Gasteiger partial charge in [0, 0.05) is 11.5 Å². The molecule has 0 radical (unpaired) electrons. The molecule has 1 rings (SSSR count). The van der Waals surface area contributed by atoms with Crippen LogP contribution >= 0.6 is 11.6 Å². The summed E-state index contributed by atoms with van der Waals surface area (Å²) in [5.41, 5.74) is 1.35. The van der Waals surface area contributed by atoms with E-state index >= 15 is 0 Å². The van der Waals surface area contributed by atoms with Crippen LogP contribution in [0.2, 0.25) is 0 Å². The average molecular weight is 211 g/mol. The van der Waals surface area contributed by atoms with Gasteiger partial charge in [-0.05, 0) is 36.2 Å². The SMILES string of the molecule is CC(=O)C(C)c1ccc(C(=O)Cl)cc1. The molecule has 14 heavy (non-hydrogen) atoms. The second kappa shape index (κ2) is 4.38. The van der Waals surface area contributed by atoms with Gasteiger partial charge in [0.05, 0.1) is 0 Å². The summed E-state index contributed by atoms with van der Waals surface area (Å²) < 4.78 is 0. The van der Waals surface area contributed by atoms with Gasteiger partial charge in [-0.2, -0.15) is 0 Å². The van der Waals surface area contributed by atoms with Gasteiger partial charge >= 0.3 is 0 Å². The van der Waals surface area contributed by atoms with Gasteiger partial charge in [-0.15, -0.1) is 0 Å². The second-order valence-electron chi connectivity index (χ2n) is 3.23. The van der Waals surface area contributed by atoms with Crippen molar-refractivity contribution in [1.82, 2.24) is 0 Å². The number of benzene rings is 1. The Morgan fingerprint density at radius 3 is 2.07 bits per heavy atom. The van der Waals surface area contributed by atoms with Crippen molar-refractivity contribution in [3.05, 3.63) is 35.4 Å². The second-order valence-corrected chi connectivity index (χ2v) is 3.57. The first kappa shape index (κ1) is 10.9. The molecule has 0 aliphatic rings. The standard InChI is InChI=1S/C11H11ClO2/c1-7(8(2)13)9-3-5-10(6-4-9)11(12)14/h3-7H,1-2H3. The number of Topliss-reactive ketones (excluding diaryl/α,β-unsaturated/α-hetero) is 1. The van der Waals surface area contributed by atoms with Gasteiger partial charge in [0.25, 0.3) is 5.24 Å². The Morgan fingerprint density at radius 2 is 1.71 bits per heavy atom. The summed E-state index contributed by atoms with van der Waals surface area (Å²) in [4.78, 5) is 21.8. The Bertz CT molecular complexity index is 354. The molecule has 0 aliphatic heterocycles. The Hall–Kier alpha value is -1.15. The number of ketones is 1. The van der Waals surface area contributed by atoms with Crippen molar-refractivity contribution in [2.45, 2.75) is 19.8 Å². The predicted octanol–water partition coefficient (Wildman–Crippen LogP) is 2.76. The number of hydrogen-bond donors (Lipinski definition) is 0. The molecule has 0 bridgehead atoms. The fourth-order valence-electron chi connectivity index (χ4n) is 1.14. The molecule has 0 aliphatic carbocycles. The molecule has 0 N–H and O–H groups in total. The van der Waals surface area contributed by atoms with Gasteiger partial charge in [0.1, 0.15) is 5.78 Å². The van der Waals surface area contributed by atoms with Gasteiger partial charge < -0.3 is 0 Å². The zero-order valence-corrected chi connectivity index (χ0v) is 8.84. The van der Waals surface area contributed by atoms with E-state index in [1.165, 1.54) is 0 Å². The summed E-state index contributed by atoms with van der Waals surface area (Å²) in [6, 6.07) is 6.76. The predicted molar refractivity (Wildman–Crippen MR) is 55.7 cm³/mol. The third-order valence-corrected chi connectivity index (χ3v) is 2.47. The molecule has 0 saturated carbocycles. The van der Waals surface area contributed by atoms with Crippen LogP contribution in [0.15, 0.2) is 24.3 Å². The molecule has 0 fully saturated rings. The normalized spacial score (nSPS) is 12.2. The minimum absolute atomic E-state index is 0.106. The van der Waals surface area contributed by atoms with Crippen LogP contribution in [0.1, 0.15) is 35.7 Å². The van der Waals surface area contributed by atoms with Crippen molar-refractivity contribution in [2.24, 2.45) is 0 Å². The summed E-state index contributed by atoms with van der Waals surface area (Å²) in [6.07, 6.45) is 0. The fourth-order valence-corrected chi connectivity index (χ4v) is 1.26. The highest BCUT2D eigenvalue weighted by Gasteiger charge is 2.10. The van der Waals surface area contributed by atoms with Crippen LogP contribution in [-0.2, 0) is 4.79 Å². The van der Waals surface area contributed by atoms with Crippen LogP contribution in [0.25, 0.3) is 0 Å². The first-order valence-corrected chi connectivity index (χ1v) is 4.70. The maximum absolute atomic E-state index is 11.1. The summed E-state index contributed by atoms with van der Waals surface area (Å²) >= 11 is 5.29. The molecule has 0 amide bonds. The van der Waals surface area contributed by atoms with E-state index in [2.05, 4.69) is 0 Å². The third kappa shape index (κ3) is 2.42. The van der Waals surface area contributed by atoms with Crippen molar-refractivity contribution in [1.29, 1.82) is 0 Å². The lowest BCUT2D eigenvalue weighted by Gasteiger charge is -2.07. The summed E-state index contributed by atoms with van der Waals surface area (Å²) in [7, 11) is 0. The molecule has 2 nitrogen and oxygen atoms in total. The molecule has 1 aromatic rings. The van der Waals surface area contributed by atoms with E-state index in [1.807, 2.05) is 6.92 Å². The molecule has 0 spiro atoms. The number of hydrogen-bond acceptors (Lipinski definition) is 2. The van der Waals surface area contributed by atoms with E-state index < -0.39 is 5.24 Å². The minimum atomic E-state index is -0.480. The van der Waals surface area contributed by atoms with Crippen LogP contribution in [-0.4, -0.2) is 11.0 Å². The highest BCUT2D eigenvalue weighted by atomic mass is 35.5. The van der Waals surface area contributed by atoms with Crippen LogP contribution in [0.5, 0.6) is 0 Å². The maximum Gasteiger partial charge on any atom is 0.252 e. The zero-order chi connectivity index (χ0) is 10.7. The van der Waals surface area contributed by atoms with Gasteiger partial charge in [-0.3, -0.25) is 9.59 Å². The van der Waals surface area contributed by atoms with Gasteiger partial charge in [-0.1, -0.05) is 19.1 Å². The molecule has 3 heteroatoms. The molecule has 0 saturated heterocycles. The number of rotatable bonds is 3. The average Bonchev–Trinajstić information content (AvgIpc) is 2.16. The van der Waals surface area contributed by atoms with Gasteiger partial charge in [-0.25, -0.2) is 0 Å². The first-order chi connectivity index (χ1) is 6.52. The lowest BCUT2D eigenvalue weighted by atomic mass is 9.97. The number of carbonyl (C=O) groups is 2. The molecular formula is C11H11ClO2. The smallest absolute Gasteiger partial charge is 0.252 e. The van der Waals surface area contributed by atoms with Crippen molar-refractivity contribution in [2.75, 3.05) is 0 Å². The molecule has 1 unspecified atom stereocenters.